The van der Waals surface area contributed by atoms with E-state index in [0.29, 0.717) is 30.5 Å². The molecule has 1 unspecified atom stereocenters. The van der Waals surface area contributed by atoms with Crippen LogP contribution in [0.15, 0.2) is 42.7 Å². The molecule has 0 radical (unpaired) electrons. The molecule has 1 aromatic carbocycles. The van der Waals surface area contributed by atoms with Crippen LogP contribution < -0.4 is 10.6 Å². The zero-order chi connectivity index (χ0) is 22.8. The van der Waals surface area contributed by atoms with Crippen LogP contribution in [-0.4, -0.2) is 39.7 Å². The number of aromatic nitrogens is 1. The Morgan fingerprint density at radius 2 is 1.94 bits per heavy atom. The van der Waals surface area contributed by atoms with Gasteiger partial charge in [-0.25, -0.2) is 0 Å². The number of pyridine rings is 1. The van der Waals surface area contributed by atoms with Gasteiger partial charge in [0.2, 0.25) is 11.8 Å². The predicted octanol–water partition coefficient (Wildman–Crippen LogP) is 2.73. The summed E-state index contributed by atoms with van der Waals surface area (Å²) < 4.78 is 0. The minimum atomic E-state index is -0.564. The van der Waals surface area contributed by atoms with Crippen molar-refractivity contribution in [2.75, 3.05) is 0 Å². The van der Waals surface area contributed by atoms with Gasteiger partial charge in [-0.05, 0) is 60.4 Å². The van der Waals surface area contributed by atoms with E-state index in [2.05, 4.69) is 33.8 Å². The van der Waals surface area contributed by atoms with E-state index in [1.807, 2.05) is 18.3 Å². The molecular formula is C26H30N4O3. The molecule has 5 rings (SSSR count). The van der Waals surface area contributed by atoms with Gasteiger partial charge in [-0.2, -0.15) is 0 Å². The summed E-state index contributed by atoms with van der Waals surface area (Å²) in [6, 6.07) is 10.1. The van der Waals surface area contributed by atoms with Crippen molar-refractivity contribution < 1.29 is 14.4 Å². The number of piperidine rings is 1. The lowest BCUT2D eigenvalue weighted by molar-refractivity contribution is -0.136. The third-order valence-corrected chi connectivity index (χ3v) is 7.29. The summed E-state index contributed by atoms with van der Waals surface area (Å²) in [7, 11) is 0. The van der Waals surface area contributed by atoms with Gasteiger partial charge in [0.25, 0.3) is 5.91 Å². The number of nitrogens with zero attached hydrogens (tertiary/aromatic N) is 2. The number of hydrogen-bond donors (Lipinski definition) is 2. The van der Waals surface area contributed by atoms with E-state index in [1.165, 1.54) is 36.8 Å². The molecule has 7 heteroatoms. The second-order valence-electron chi connectivity index (χ2n) is 9.49. The Kier molecular flexibility index (Phi) is 6.22. The van der Waals surface area contributed by atoms with Crippen LogP contribution >= 0.6 is 0 Å². The quantitative estimate of drug-likeness (QED) is 0.666. The average Bonchev–Trinajstić information content (AvgIpc) is 3.14. The van der Waals surface area contributed by atoms with Crippen LogP contribution in [0.2, 0.25) is 0 Å². The van der Waals surface area contributed by atoms with E-state index < -0.39 is 6.04 Å². The summed E-state index contributed by atoms with van der Waals surface area (Å²) in [5.41, 5.74) is 4.11. The number of hydrogen-bond acceptors (Lipinski definition) is 5. The second kappa shape index (κ2) is 9.43. The number of rotatable bonds is 6. The SMILES string of the molecule is O=C1CCC(N2Cc3cc(C[C@H]4CCCC[C@@H]4NCc4cccnc4)ccc3C2=O)C(=O)N1. The van der Waals surface area contributed by atoms with Crippen LogP contribution in [0, 0.1) is 5.92 Å². The fourth-order valence-electron chi connectivity index (χ4n) is 5.53. The van der Waals surface area contributed by atoms with Gasteiger partial charge in [0.15, 0.2) is 0 Å². The first-order chi connectivity index (χ1) is 16.1. The molecule has 2 aliphatic heterocycles. The van der Waals surface area contributed by atoms with Crippen molar-refractivity contribution in [3.8, 4) is 0 Å². The van der Waals surface area contributed by atoms with Crippen molar-refractivity contribution in [2.45, 2.75) is 70.1 Å². The second-order valence-corrected chi connectivity index (χ2v) is 9.49. The molecule has 1 aromatic heterocycles. The van der Waals surface area contributed by atoms with Gasteiger partial charge in [-0.15, -0.1) is 0 Å². The largest absolute Gasteiger partial charge is 0.322 e. The first kappa shape index (κ1) is 21.8. The first-order valence-electron chi connectivity index (χ1n) is 12.0. The topological polar surface area (TPSA) is 91.4 Å². The van der Waals surface area contributed by atoms with Crippen molar-refractivity contribution in [2.24, 2.45) is 5.92 Å². The Bertz CT molecular complexity index is 1050. The first-order valence-corrected chi connectivity index (χ1v) is 12.0. The molecular weight excluding hydrogens is 416 g/mol. The Hall–Kier alpha value is -3.06. The minimum Gasteiger partial charge on any atom is -0.322 e. The van der Waals surface area contributed by atoms with Gasteiger partial charge in [-0.1, -0.05) is 31.0 Å². The molecule has 1 aliphatic carbocycles. The number of nitrogens with one attached hydrogen (secondary N) is 2. The Morgan fingerprint density at radius 1 is 1.06 bits per heavy atom. The third-order valence-electron chi connectivity index (χ3n) is 7.29. The summed E-state index contributed by atoms with van der Waals surface area (Å²) in [6.07, 6.45) is 10.2. The summed E-state index contributed by atoms with van der Waals surface area (Å²) >= 11 is 0. The van der Waals surface area contributed by atoms with Crippen molar-refractivity contribution in [3.05, 3.63) is 65.0 Å². The van der Waals surface area contributed by atoms with E-state index in [9.17, 15) is 14.4 Å². The number of carbonyl (C=O) groups excluding carboxylic acids is 3. The van der Waals surface area contributed by atoms with Crippen LogP contribution in [0.5, 0.6) is 0 Å². The highest BCUT2D eigenvalue weighted by Crippen LogP contribution is 2.31. The van der Waals surface area contributed by atoms with E-state index in [0.717, 1.165) is 18.5 Å². The van der Waals surface area contributed by atoms with Crippen molar-refractivity contribution in [3.63, 3.8) is 0 Å². The van der Waals surface area contributed by atoms with Gasteiger partial charge < -0.3 is 10.2 Å². The van der Waals surface area contributed by atoms with E-state index in [4.69, 9.17) is 0 Å². The highest BCUT2D eigenvalue weighted by atomic mass is 16.2. The number of fused-ring (bicyclic) bond motifs is 1. The fourth-order valence-corrected chi connectivity index (χ4v) is 5.53. The molecule has 1 saturated heterocycles. The molecule has 0 spiro atoms. The summed E-state index contributed by atoms with van der Waals surface area (Å²) in [5.74, 6) is -0.184. The van der Waals surface area contributed by atoms with Crippen LogP contribution in [0.25, 0.3) is 0 Å². The smallest absolute Gasteiger partial charge is 0.255 e. The molecule has 3 aliphatic rings. The van der Waals surface area contributed by atoms with Crippen LogP contribution in [0.1, 0.15) is 65.6 Å². The lowest BCUT2D eigenvalue weighted by atomic mass is 9.80. The van der Waals surface area contributed by atoms with Crippen molar-refractivity contribution in [1.82, 2.24) is 20.5 Å². The van der Waals surface area contributed by atoms with Gasteiger partial charge in [0, 0.05) is 43.5 Å². The van der Waals surface area contributed by atoms with Gasteiger partial charge in [-0.3, -0.25) is 24.7 Å². The van der Waals surface area contributed by atoms with Gasteiger partial charge >= 0.3 is 0 Å². The number of benzene rings is 1. The zero-order valence-corrected chi connectivity index (χ0v) is 18.8. The minimum absolute atomic E-state index is 0.111. The molecule has 2 N–H and O–H groups in total. The average molecular weight is 447 g/mol. The van der Waals surface area contributed by atoms with E-state index >= 15 is 0 Å². The normalized spacial score (nSPS) is 25.2. The number of amides is 3. The lowest BCUT2D eigenvalue weighted by Gasteiger charge is -2.32. The van der Waals surface area contributed by atoms with E-state index in [1.54, 1.807) is 11.1 Å². The zero-order valence-electron chi connectivity index (χ0n) is 18.8. The molecule has 2 fully saturated rings. The molecule has 33 heavy (non-hydrogen) atoms. The highest BCUT2D eigenvalue weighted by molar-refractivity contribution is 6.05. The van der Waals surface area contributed by atoms with Crippen LogP contribution in [-0.2, 0) is 29.1 Å². The molecule has 7 nitrogen and oxygen atoms in total. The Labute approximate surface area is 194 Å². The summed E-state index contributed by atoms with van der Waals surface area (Å²) in [6.45, 7) is 1.26. The molecule has 1 saturated carbocycles. The van der Waals surface area contributed by atoms with Crippen molar-refractivity contribution in [1.29, 1.82) is 0 Å². The summed E-state index contributed by atoms with van der Waals surface area (Å²) in [4.78, 5) is 42.5. The number of carbonyl (C=O) groups is 3. The van der Waals surface area contributed by atoms with Gasteiger partial charge in [0.1, 0.15) is 6.04 Å². The maximum Gasteiger partial charge on any atom is 0.255 e. The lowest BCUT2D eigenvalue weighted by Crippen LogP contribution is -2.52. The standard InChI is InChI=1S/C26H30N4O3/c31-24-10-9-23(25(32)29-24)30-16-20-13-17(7-8-21(20)26(30)33)12-19-5-1-2-6-22(19)28-15-18-4-3-11-27-14-18/h3-4,7-8,11,13-14,19,22-23,28H,1-2,5-6,9-10,12,15-16H2,(H,29,31,32)/t19-,22+,23?/m1/s1. The maximum atomic E-state index is 12.9. The molecule has 3 atom stereocenters. The molecule has 172 valence electrons. The molecule has 3 heterocycles. The summed E-state index contributed by atoms with van der Waals surface area (Å²) in [5, 5.41) is 6.12. The maximum absolute atomic E-state index is 12.9. The monoisotopic (exact) mass is 446 g/mol. The Balaban J connectivity index is 1.25. The predicted molar refractivity (Wildman–Crippen MR) is 123 cm³/mol. The Morgan fingerprint density at radius 3 is 2.76 bits per heavy atom. The van der Waals surface area contributed by atoms with E-state index in [-0.39, 0.29) is 24.1 Å². The fraction of sp³-hybridized carbons (Fsp3) is 0.462. The molecule has 0 bridgehead atoms. The van der Waals surface area contributed by atoms with Crippen LogP contribution in [0.3, 0.4) is 0 Å². The van der Waals surface area contributed by atoms with Crippen LogP contribution in [0.4, 0.5) is 0 Å². The third kappa shape index (κ3) is 4.69. The highest BCUT2D eigenvalue weighted by Gasteiger charge is 2.39. The molecule has 2 aromatic rings. The number of imide groups is 1. The molecule has 3 amide bonds. The van der Waals surface area contributed by atoms with Gasteiger partial charge in [0.05, 0.1) is 0 Å². The van der Waals surface area contributed by atoms with Crippen molar-refractivity contribution >= 4 is 17.7 Å².